The van der Waals surface area contributed by atoms with Gasteiger partial charge in [-0.25, -0.2) is 4.98 Å². The molecule has 0 saturated heterocycles. The Labute approximate surface area is 81.1 Å². The molecule has 1 heterocycles. The van der Waals surface area contributed by atoms with Crippen LogP contribution in [0.2, 0.25) is 5.02 Å². The van der Waals surface area contributed by atoms with E-state index in [0.29, 0.717) is 10.9 Å². The van der Waals surface area contributed by atoms with Crippen molar-refractivity contribution >= 4 is 22.4 Å². The second kappa shape index (κ2) is 3.23. The maximum atomic E-state index is 6.02. The molecule has 0 radical (unpaired) electrons. The van der Waals surface area contributed by atoms with Crippen LogP contribution in [-0.4, -0.2) is 12.1 Å². The Kier molecular flexibility index (Phi) is 2.07. The fraction of sp³-hybridized carbons (Fsp3) is 0.100. The van der Waals surface area contributed by atoms with Gasteiger partial charge in [-0.1, -0.05) is 23.7 Å². The predicted octanol–water partition coefficient (Wildman–Crippen LogP) is 2.90. The molecule has 1 aromatic heterocycles. The smallest absolute Gasteiger partial charge is 0.222 e. The number of ether oxygens (including phenoxy) is 1. The minimum absolute atomic E-state index is 0.572. The Hall–Kier alpha value is -1.28. The number of rotatable bonds is 1. The van der Waals surface area contributed by atoms with Gasteiger partial charge in [-0.2, -0.15) is 0 Å². The van der Waals surface area contributed by atoms with Gasteiger partial charge in [0.05, 0.1) is 17.5 Å². The average Bonchev–Trinajstić information content (AvgIpc) is 2.17. The van der Waals surface area contributed by atoms with Crippen molar-refractivity contribution < 1.29 is 4.74 Å². The standard InChI is InChI=1S/C10H8ClNO/c1-13-10-9-7(5-6-12-10)3-2-4-8(9)11/h2-6H,1H3. The molecular weight excluding hydrogens is 186 g/mol. The predicted molar refractivity (Wildman–Crippen MR) is 53.3 cm³/mol. The van der Waals surface area contributed by atoms with Gasteiger partial charge < -0.3 is 4.74 Å². The Balaban J connectivity index is 2.87. The zero-order valence-corrected chi connectivity index (χ0v) is 7.88. The first-order valence-electron chi connectivity index (χ1n) is 3.90. The molecule has 3 heteroatoms. The second-order valence-electron chi connectivity index (χ2n) is 2.66. The van der Waals surface area contributed by atoms with E-state index in [9.17, 15) is 0 Å². The molecule has 0 aliphatic heterocycles. The van der Waals surface area contributed by atoms with Gasteiger partial charge in [0.25, 0.3) is 0 Å². The molecule has 0 amide bonds. The third-order valence-corrected chi connectivity index (χ3v) is 2.21. The number of methoxy groups -OCH3 is 1. The van der Waals surface area contributed by atoms with E-state index in [0.717, 1.165) is 10.8 Å². The number of pyridine rings is 1. The van der Waals surface area contributed by atoms with Crippen molar-refractivity contribution in [2.24, 2.45) is 0 Å². The molecule has 0 aliphatic carbocycles. The summed E-state index contributed by atoms with van der Waals surface area (Å²) in [6.07, 6.45) is 1.71. The molecule has 1 aromatic carbocycles. The third kappa shape index (κ3) is 1.33. The molecule has 0 spiro atoms. The number of benzene rings is 1. The first-order chi connectivity index (χ1) is 6.33. The van der Waals surface area contributed by atoms with Gasteiger partial charge in [-0.3, -0.25) is 0 Å². The third-order valence-electron chi connectivity index (χ3n) is 1.90. The number of hydrogen-bond acceptors (Lipinski definition) is 2. The van der Waals surface area contributed by atoms with Crippen molar-refractivity contribution in [3.63, 3.8) is 0 Å². The van der Waals surface area contributed by atoms with Crippen LogP contribution in [0.1, 0.15) is 0 Å². The van der Waals surface area contributed by atoms with Crippen LogP contribution in [0.3, 0.4) is 0 Å². The lowest BCUT2D eigenvalue weighted by atomic mass is 10.2. The molecular formula is C10H8ClNO. The number of nitrogens with zero attached hydrogens (tertiary/aromatic N) is 1. The van der Waals surface area contributed by atoms with E-state index < -0.39 is 0 Å². The summed E-state index contributed by atoms with van der Waals surface area (Å²) in [5.74, 6) is 0.572. The van der Waals surface area contributed by atoms with E-state index in [4.69, 9.17) is 16.3 Å². The average molecular weight is 194 g/mol. The normalized spacial score (nSPS) is 10.3. The van der Waals surface area contributed by atoms with Crippen molar-refractivity contribution in [1.29, 1.82) is 0 Å². The number of hydrogen-bond donors (Lipinski definition) is 0. The highest BCUT2D eigenvalue weighted by Gasteiger charge is 2.04. The lowest BCUT2D eigenvalue weighted by molar-refractivity contribution is 0.403. The molecule has 66 valence electrons. The second-order valence-corrected chi connectivity index (χ2v) is 3.07. The van der Waals surface area contributed by atoms with Crippen LogP contribution >= 0.6 is 11.6 Å². The minimum atomic E-state index is 0.572. The molecule has 13 heavy (non-hydrogen) atoms. The molecule has 0 aliphatic rings. The fourth-order valence-corrected chi connectivity index (χ4v) is 1.57. The molecule has 2 aromatic rings. The molecule has 0 bridgehead atoms. The molecule has 0 fully saturated rings. The van der Waals surface area contributed by atoms with Gasteiger partial charge >= 0.3 is 0 Å². The minimum Gasteiger partial charge on any atom is -0.481 e. The lowest BCUT2D eigenvalue weighted by Crippen LogP contribution is -1.88. The van der Waals surface area contributed by atoms with Crippen LogP contribution in [0.25, 0.3) is 10.8 Å². The lowest BCUT2D eigenvalue weighted by Gasteiger charge is -2.04. The summed E-state index contributed by atoms with van der Waals surface area (Å²) in [5, 5.41) is 2.58. The Morgan fingerprint density at radius 1 is 1.31 bits per heavy atom. The van der Waals surface area contributed by atoms with Gasteiger partial charge in [0.1, 0.15) is 0 Å². The van der Waals surface area contributed by atoms with Crippen LogP contribution in [0, 0.1) is 0 Å². The van der Waals surface area contributed by atoms with Gasteiger partial charge in [-0.05, 0) is 17.5 Å². The summed E-state index contributed by atoms with van der Waals surface area (Å²) in [5.41, 5.74) is 0. The Morgan fingerprint density at radius 2 is 2.15 bits per heavy atom. The van der Waals surface area contributed by atoms with Crippen molar-refractivity contribution in [2.45, 2.75) is 0 Å². The van der Waals surface area contributed by atoms with Gasteiger partial charge in [0.15, 0.2) is 0 Å². The van der Waals surface area contributed by atoms with E-state index in [2.05, 4.69) is 4.98 Å². The van der Waals surface area contributed by atoms with Gasteiger partial charge in [0.2, 0.25) is 5.88 Å². The summed E-state index contributed by atoms with van der Waals surface area (Å²) < 4.78 is 5.11. The van der Waals surface area contributed by atoms with Crippen molar-refractivity contribution in [3.05, 3.63) is 35.5 Å². The number of halogens is 1. The largest absolute Gasteiger partial charge is 0.481 e. The summed E-state index contributed by atoms with van der Waals surface area (Å²) in [6, 6.07) is 7.62. The number of fused-ring (bicyclic) bond motifs is 1. The van der Waals surface area contributed by atoms with Crippen LogP contribution in [0.4, 0.5) is 0 Å². The van der Waals surface area contributed by atoms with Gasteiger partial charge in [-0.15, -0.1) is 0 Å². The first kappa shape index (κ1) is 8.32. The molecule has 2 nitrogen and oxygen atoms in total. The van der Waals surface area contributed by atoms with E-state index in [1.54, 1.807) is 13.3 Å². The summed E-state index contributed by atoms with van der Waals surface area (Å²) in [6.45, 7) is 0. The molecule has 0 N–H and O–H groups in total. The maximum Gasteiger partial charge on any atom is 0.222 e. The zero-order chi connectivity index (χ0) is 9.26. The Bertz CT molecular complexity index is 437. The zero-order valence-electron chi connectivity index (χ0n) is 7.12. The fourth-order valence-electron chi connectivity index (χ4n) is 1.31. The van der Waals surface area contributed by atoms with E-state index in [-0.39, 0.29) is 0 Å². The van der Waals surface area contributed by atoms with Crippen LogP contribution in [0.5, 0.6) is 5.88 Å². The van der Waals surface area contributed by atoms with Crippen molar-refractivity contribution in [3.8, 4) is 5.88 Å². The van der Waals surface area contributed by atoms with E-state index in [1.807, 2.05) is 24.3 Å². The summed E-state index contributed by atoms with van der Waals surface area (Å²) in [7, 11) is 1.59. The highest BCUT2D eigenvalue weighted by atomic mass is 35.5. The monoisotopic (exact) mass is 193 g/mol. The molecule has 2 rings (SSSR count). The van der Waals surface area contributed by atoms with Crippen LogP contribution < -0.4 is 4.74 Å². The first-order valence-corrected chi connectivity index (χ1v) is 4.28. The SMILES string of the molecule is COc1nccc2cccc(Cl)c12. The van der Waals surface area contributed by atoms with Crippen molar-refractivity contribution in [2.75, 3.05) is 7.11 Å². The molecule has 0 unspecified atom stereocenters. The van der Waals surface area contributed by atoms with Crippen LogP contribution in [-0.2, 0) is 0 Å². The highest BCUT2D eigenvalue weighted by Crippen LogP contribution is 2.29. The van der Waals surface area contributed by atoms with E-state index >= 15 is 0 Å². The molecule has 0 atom stereocenters. The van der Waals surface area contributed by atoms with Crippen LogP contribution in [0.15, 0.2) is 30.5 Å². The summed E-state index contributed by atoms with van der Waals surface area (Å²) >= 11 is 6.02. The quantitative estimate of drug-likeness (QED) is 0.695. The van der Waals surface area contributed by atoms with Crippen molar-refractivity contribution in [1.82, 2.24) is 4.98 Å². The Morgan fingerprint density at radius 3 is 2.92 bits per heavy atom. The molecule has 0 saturated carbocycles. The summed E-state index contributed by atoms with van der Waals surface area (Å²) in [4.78, 5) is 4.08. The topological polar surface area (TPSA) is 22.1 Å². The van der Waals surface area contributed by atoms with Gasteiger partial charge in [0, 0.05) is 6.20 Å². The van der Waals surface area contributed by atoms with E-state index in [1.165, 1.54) is 0 Å². The highest BCUT2D eigenvalue weighted by molar-refractivity contribution is 6.36. The maximum absolute atomic E-state index is 6.02. The number of aromatic nitrogens is 1.